The number of carbonyl (C=O) groups excluding carboxylic acids is 2. The van der Waals surface area contributed by atoms with Crippen LogP contribution in [0.5, 0.6) is 5.75 Å². The summed E-state index contributed by atoms with van der Waals surface area (Å²) in [6, 6.07) is 6.77. The lowest BCUT2D eigenvalue weighted by atomic mass is 10.1. The number of ether oxygens (including phenoxy) is 1. The van der Waals surface area contributed by atoms with Crippen LogP contribution in [0.4, 0.5) is 10.5 Å². The van der Waals surface area contributed by atoms with Crippen LogP contribution < -0.4 is 15.8 Å². The van der Waals surface area contributed by atoms with Crippen LogP contribution in [0.3, 0.4) is 0 Å². The van der Waals surface area contributed by atoms with E-state index in [9.17, 15) is 9.59 Å². The number of aromatic nitrogens is 2. The standard InChI is InChI=1S/C15H12N4O4S/c1-8-11(22-15(16)21)12(23-19-8)9-2-4-10(5-3-9)18-13(20)14-17-6-7-24-14/h2-7H,1H3,(H2,16,21)(H,18,20). The molecule has 2 heterocycles. The molecule has 0 bridgehead atoms. The number of nitrogens with two attached hydrogens (primary N) is 1. The molecule has 1 aromatic carbocycles. The first kappa shape index (κ1) is 15.7. The van der Waals surface area contributed by atoms with Gasteiger partial charge < -0.3 is 20.3 Å². The van der Waals surface area contributed by atoms with Crippen LogP contribution in [-0.2, 0) is 0 Å². The Morgan fingerprint density at radius 1 is 1.29 bits per heavy atom. The van der Waals surface area contributed by atoms with Crippen LogP contribution in [0.1, 0.15) is 15.5 Å². The van der Waals surface area contributed by atoms with Gasteiger partial charge in [-0.2, -0.15) is 0 Å². The zero-order valence-corrected chi connectivity index (χ0v) is 13.3. The van der Waals surface area contributed by atoms with Crippen molar-refractivity contribution in [1.82, 2.24) is 10.1 Å². The molecule has 0 fully saturated rings. The highest BCUT2D eigenvalue weighted by atomic mass is 32.1. The van der Waals surface area contributed by atoms with E-state index in [0.717, 1.165) is 0 Å². The Morgan fingerprint density at radius 2 is 2.04 bits per heavy atom. The van der Waals surface area contributed by atoms with Gasteiger partial charge in [0.1, 0.15) is 5.69 Å². The molecule has 0 saturated carbocycles. The van der Waals surface area contributed by atoms with Crippen LogP contribution in [0.2, 0.25) is 0 Å². The minimum absolute atomic E-state index is 0.169. The molecule has 9 heteroatoms. The highest BCUT2D eigenvalue weighted by molar-refractivity contribution is 7.11. The number of thiazole rings is 1. The molecule has 8 nitrogen and oxygen atoms in total. The normalized spacial score (nSPS) is 10.4. The van der Waals surface area contributed by atoms with Gasteiger partial charge in [0.05, 0.1) is 0 Å². The van der Waals surface area contributed by atoms with Crippen molar-refractivity contribution in [3.8, 4) is 17.1 Å². The lowest BCUT2D eigenvalue weighted by Crippen LogP contribution is -2.16. The van der Waals surface area contributed by atoms with Gasteiger partial charge >= 0.3 is 6.09 Å². The molecule has 0 radical (unpaired) electrons. The smallest absolute Gasteiger partial charge is 0.404 e. The third-order valence-corrected chi connectivity index (χ3v) is 3.81. The molecular weight excluding hydrogens is 332 g/mol. The molecule has 24 heavy (non-hydrogen) atoms. The SMILES string of the molecule is Cc1noc(-c2ccc(NC(=O)c3nccs3)cc2)c1OC(N)=O. The molecule has 122 valence electrons. The molecule has 3 aromatic rings. The topological polar surface area (TPSA) is 120 Å². The molecule has 0 atom stereocenters. The Balaban J connectivity index is 1.80. The van der Waals surface area contributed by atoms with Crippen molar-refractivity contribution in [2.75, 3.05) is 5.32 Å². The van der Waals surface area contributed by atoms with E-state index in [1.165, 1.54) is 11.3 Å². The highest BCUT2D eigenvalue weighted by Gasteiger charge is 2.18. The highest BCUT2D eigenvalue weighted by Crippen LogP contribution is 2.33. The maximum absolute atomic E-state index is 11.9. The summed E-state index contributed by atoms with van der Waals surface area (Å²) < 4.78 is 10.1. The number of primary amides is 1. The van der Waals surface area contributed by atoms with Crippen molar-refractivity contribution < 1.29 is 18.8 Å². The fraction of sp³-hybridized carbons (Fsp3) is 0.0667. The summed E-state index contributed by atoms with van der Waals surface area (Å²) in [4.78, 5) is 26.9. The van der Waals surface area contributed by atoms with Crippen molar-refractivity contribution in [1.29, 1.82) is 0 Å². The fourth-order valence-electron chi connectivity index (χ4n) is 1.99. The molecule has 2 aromatic heterocycles. The van der Waals surface area contributed by atoms with E-state index in [1.807, 2.05) is 0 Å². The number of amides is 2. The molecular formula is C15H12N4O4S. The largest absolute Gasteiger partial charge is 0.410 e. The lowest BCUT2D eigenvalue weighted by molar-refractivity contribution is 0.102. The van der Waals surface area contributed by atoms with Gasteiger partial charge in [0, 0.05) is 22.8 Å². The summed E-state index contributed by atoms with van der Waals surface area (Å²) in [6.07, 6.45) is 0.615. The molecule has 0 aliphatic heterocycles. The third-order valence-electron chi connectivity index (χ3n) is 3.04. The molecule has 0 saturated heterocycles. The van der Waals surface area contributed by atoms with Gasteiger partial charge in [-0.3, -0.25) is 4.79 Å². The molecule has 0 spiro atoms. The molecule has 3 N–H and O–H groups in total. The number of benzene rings is 1. The third kappa shape index (κ3) is 3.25. The van der Waals surface area contributed by atoms with E-state index in [1.54, 1.807) is 42.8 Å². The summed E-state index contributed by atoms with van der Waals surface area (Å²) in [5.74, 6) is 0.164. The molecule has 0 unspecified atom stereocenters. The Labute approximate surface area is 140 Å². The molecule has 0 aliphatic carbocycles. The Morgan fingerprint density at radius 3 is 2.67 bits per heavy atom. The minimum Gasteiger partial charge on any atom is -0.404 e. The first-order valence-corrected chi connectivity index (χ1v) is 7.67. The number of hydrogen-bond donors (Lipinski definition) is 2. The summed E-state index contributed by atoms with van der Waals surface area (Å²) in [5, 5.41) is 8.60. The first-order valence-electron chi connectivity index (χ1n) is 6.79. The fourth-order valence-corrected chi connectivity index (χ4v) is 2.52. The lowest BCUT2D eigenvalue weighted by Gasteiger charge is -2.05. The Kier molecular flexibility index (Phi) is 4.25. The number of aryl methyl sites for hydroxylation is 1. The van der Waals surface area contributed by atoms with Crippen molar-refractivity contribution in [3.05, 3.63) is 46.5 Å². The summed E-state index contributed by atoms with van der Waals surface area (Å²) in [5.41, 5.74) is 6.66. The van der Waals surface area contributed by atoms with Crippen molar-refractivity contribution in [2.45, 2.75) is 6.92 Å². The maximum Gasteiger partial charge on any atom is 0.410 e. The molecule has 3 rings (SSSR count). The monoisotopic (exact) mass is 344 g/mol. The zero-order valence-electron chi connectivity index (χ0n) is 12.5. The maximum atomic E-state index is 11.9. The average Bonchev–Trinajstić information content (AvgIpc) is 3.19. The Bertz CT molecular complexity index is 872. The van der Waals surface area contributed by atoms with Crippen LogP contribution >= 0.6 is 11.3 Å². The summed E-state index contributed by atoms with van der Waals surface area (Å²) in [6.45, 7) is 1.63. The average molecular weight is 344 g/mol. The predicted molar refractivity (Wildman–Crippen MR) is 87.0 cm³/mol. The predicted octanol–water partition coefficient (Wildman–Crippen LogP) is 2.82. The van der Waals surface area contributed by atoms with Crippen LogP contribution in [0.15, 0.2) is 40.4 Å². The number of nitrogens with one attached hydrogen (secondary N) is 1. The first-order chi connectivity index (χ1) is 11.5. The van der Waals surface area contributed by atoms with Gasteiger partial charge in [-0.1, -0.05) is 5.16 Å². The van der Waals surface area contributed by atoms with Gasteiger partial charge in [-0.15, -0.1) is 11.3 Å². The van der Waals surface area contributed by atoms with E-state index >= 15 is 0 Å². The molecule has 0 aliphatic rings. The van der Waals surface area contributed by atoms with E-state index < -0.39 is 6.09 Å². The minimum atomic E-state index is -0.949. The van der Waals surface area contributed by atoms with Gasteiger partial charge in [-0.05, 0) is 31.2 Å². The van der Waals surface area contributed by atoms with Crippen LogP contribution in [-0.4, -0.2) is 22.1 Å². The van der Waals surface area contributed by atoms with Crippen molar-refractivity contribution >= 4 is 29.0 Å². The van der Waals surface area contributed by atoms with Gasteiger partial charge in [0.15, 0.2) is 5.01 Å². The molecule has 2 amide bonds. The van der Waals surface area contributed by atoms with Crippen molar-refractivity contribution in [2.24, 2.45) is 5.73 Å². The number of anilines is 1. The number of carbonyl (C=O) groups is 2. The van der Waals surface area contributed by atoms with Gasteiger partial charge in [-0.25, -0.2) is 9.78 Å². The zero-order chi connectivity index (χ0) is 17.1. The van der Waals surface area contributed by atoms with Crippen LogP contribution in [0, 0.1) is 6.92 Å². The summed E-state index contributed by atoms with van der Waals surface area (Å²) >= 11 is 1.25. The second kappa shape index (κ2) is 6.50. The Hall–Kier alpha value is -3.20. The van der Waals surface area contributed by atoms with E-state index in [2.05, 4.69) is 15.5 Å². The second-order valence-corrected chi connectivity index (χ2v) is 5.61. The van der Waals surface area contributed by atoms with Gasteiger partial charge in [0.25, 0.3) is 5.91 Å². The van der Waals surface area contributed by atoms with Crippen LogP contribution in [0.25, 0.3) is 11.3 Å². The van der Waals surface area contributed by atoms with Gasteiger partial charge in [0.2, 0.25) is 11.5 Å². The summed E-state index contributed by atoms with van der Waals surface area (Å²) in [7, 11) is 0. The number of hydrogen-bond acceptors (Lipinski definition) is 7. The van der Waals surface area contributed by atoms with Crippen molar-refractivity contribution in [3.63, 3.8) is 0 Å². The number of rotatable bonds is 4. The van der Waals surface area contributed by atoms with E-state index in [4.69, 9.17) is 15.0 Å². The van der Waals surface area contributed by atoms with E-state index in [-0.39, 0.29) is 17.4 Å². The van der Waals surface area contributed by atoms with E-state index in [0.29, 0.717) is 22.0 Å². The number of nitrogens with zero attached hydrogens (tertiary/aromatic N) is 2. The second-order valence-electron chi connectivity index (χ2n) is 4.72. The quantitative estimate of drug-likeness (QED) is 0.751.